The molecule has 2 heterocycles. The summed E-state index contributed by atoms with van der Waals surface area (Å²) in [5.74, 6) is 0.867. The Balaban J connectivity index is 2.18. The van der Waals surface area contributed by atoms with E-state index in [-0.39, 0.29) is 0 Å². The third-order valence-electron chi connectivity index (χ3n) is 2.66. The van der Waals surface area contributed by atoms with Crippen LogP contribution in [-0.4, -0.2) is 15.0 Å². The molecule has 0 aliphatic rings. The Hall–Kier alpha value is -2.42. The minimum atomic E-state index is 0.867. The lowest BCUT2D eigenvalue weighted by Gasteiger charge is -2.06. The largest absolute Gasteiger partial charge is 0.345 e. The molecule has 82 valence electrons. The van der Waals surface area contributed by atoms with Crippen molar-refractivity contribution in [3.8, 4) is 22.5 Å². The monoisotopic (exact) mass is 221 g/mol. The maximum atomic E-state index is 4.29. The zero-order valence-electron chi connectivity index (χ0n) is 9.17. The Morgan fingerprint density at radius 1 is 0.882 bits per heavy atom. The van der Waals surface area contributed by atoms with E-state index in [1.807, 2.05) is 36.7 Å². The van der Waals surface area contributed by atoms with Crippen molar-refractivity contribution >= 4 is 0 Å². The van der Waals surface area contributed by atoms with Gasteiger partial charge in [-0.05, 0) is 11.6 Å². The Labute approximate surface area is 99.2 Å². The lowest BCUT2D eigenvalue weighted by Crippen LogP contribution is -1.87. The molecule has 3 heteroatoms. The van der Waals surface area contributed by atoms with Crippen molar-refractivity contribution in [1.82, 2.24) is 15.0 Å². The standard InChI is InChI=1S/C14H11N3/c1-2-4-11(5-3-1)13-10-15-7-6-12(13)14-16-8-9-17-14/h1-10H,(H,16,17). The van der Waals surface area contributed by atoms with E-state index in [1.54, 1.807) is 12.4 Å². The van der Waals surface area contributed by atoms with Gasteiger partial charge >= 0.3 is 0 Å². The number of nitrogens with one attached hydrogen (secondary N) is 1. The summed E-state index contributed by atoms with van der Waals surface area (Å²) in [5, 5.41) is 0. The van der Waals surface area contributed by atoms with Crippen LogP contribution in [-0.2, 0) is 0 Å². The first-order valence-corrected chi connectivity index (χ1v) is 5.44. The van der Waals surface area contributed by atoms with Crippen LogP contribution in [0.5, 0.6) is 0 Å². The highest BCUT2D eigenvalue weighted by atomic mass is 14.9. The molecule has 0 atom stereocenters. The molecule has 1 N–H and O–H groups in total. The predicted molar refractivity (Wildman–Crippen MR) is 67.3 cm³/mol. The smallest absolute Gasteiger partial charge is 0.138 e. The molecule has 3 aromatic rings. The van der Waals surface area contributed by atoms with Gasteiger partial charge in [0, 0.05) is 35.9 Å². The molecule has 0 spiro atoms. The molecule has 1 aromatic carbocycles. The third kappa shape index (κ3) is 1.83. The number of nitrogens with zero attached hydrogens (tertiary/aromatic N) is 2. The summed E-state index contributed by atoms with van der Waals surface area (Å²) in [6.45, 7) is 0. The van der Waals surface area contributed by atoms with Crippen LogP contribution >= 0.6 is 0 Å². The number of aromatic nitrogens is 3. The molecule has 3 nitrogen and oxygen atoms in total. The summed E-state index contributed by atoms with van der Waals surface area (Å²) >= 11 is 0. The molecule has 0 aliphatic carbocycles. The molecule has 0 unspecified atom stereocenters. The average molecular weight is 221 g/mol. The number of pyridine rings is 1. The average Bonchev–Trinajstić information content (AvgIpc) is 2.94. The lowest BCUT2D eigenvalue weighted by molar-refractivity contribution is 1.27. The van der Waals surface area contributed by atoms with Gasteiger partial charge in [0.15, 0.2) is 0 Å². The molecule has 0 amide bonds. The van der Waals surface area contributed by atoms with Crippen LogP contribution in [0.3, 0.4) is 0 Å². The molecule has 0 radical (unpaired) electrons. The minimum absolute atomic E-state index is 0.867. The van der Waals surface area contributed by atoms with Gasteiger partial charge in [0.05, 0.1) is 0 Å². The molecular formula is C14H11N3. The van der Waals surface area contributed by atoms with Crippen molar-refractivity contribution in [3.05, 3.63) is 61.2 Å². The normalized spacial score (nSPS) is 10.4. The highest BCUT2D eigenvalue weighted by molar-refractivity contribution is 5.79. The van der Waals surface area contributed by atoms with Crippen molar-refractivity contribution in [2.45, 2.75) is 0 Å². The van der Waals surface area contributed by atoms with Crippen molar-refractivity contribution in [2.75, 3.05) is 0 Å². The van der Waals surface area contributed by atoms with Crippen LogP contribution < -0.4 is 0 Å². The van der Waals surface area contributed by atoms with Crippen LogP contribution in [0, 0.1) is 0 Å². The Morgan fingerprint density at radius 2 is 1.76 bits per heavy atom. The molecule has 3 rings (SSSR count). The van der Waals surface area contributed by atoms with E-state index in [4.69, 9.17) is 0 Å². The summed E-state index contributed by atoms with van der Waals surface area (Å²) in [7, 11) is 0. The van der Waals surface area contributed by atoms with Gasteiger partial charge in [-0.15, -0.1) is 0 Å². The van der Waals surface area contributed by atoms with Crippen molar-refractivity contribution in [1.29, 1.82) is 0 Å². The maximum Gasteiger partial charge on any atom is 0.138 e. The van der Waals surface area contributed by atoms with Gasteiger partial charge in [-0.25, -0.2) is 4.98 Å². The third-order valence-corrected chi connectivity index (χ3v) is 2.66. The summed E-state index contributed by atoms with van der Waals surface area (Å²) in [4.78, 5) is 11.6. The number of rotatable bonds is 2. The zero-order chi connectivity index (χ0) is 11.5. The number of hydrogen-bond donors (Lipinski definition) is 1. The summed E-state index contributed by atoms with van der Waals surface area (Å²) in [6.07, 6.45) is 7.23. The fraction of sp³-hybridized carbons (Fsp3) is 0. The van der Waals surface area contributed by atoms with E-state index in [9.17, 15) is 0 Å². The minimum Gasteiger partial charge on any atom is -0.345 e. The molecule has 17 heavy (non-hydrogen) atoms. The second kappa shape index (κ2) is 4.22. The Morgan fingerprint density at radius 3 is 2.53 bits per heavy atom. The summed E-state index contributed by atoms with van der Waals surface area (Å²) in [5.41, 5.74) is 3.30. The first-order chi connectivity index (χ1) is 8.45. The molecule has 0 saturated heterocycles. The van der Waals surface area contributed by atoms with Crippen molar-refractivity contribution in [2.24, 2.45) is 0 Å². The van der Waals surface area contributed by atoms with E-state index < -0.39 is 0 Å². The van der Waals surface area contributed by atoms with Crippen molar-refractivity contribution < 1.29 is 0 Å². The van der Waals surface area contributed by atoms with Crippen LogP contribution in [0.2, 0.25) is 0 Å². The molecule has 0 saturated carbocycles. The highest BCUT2D eigenvalue weighted by Crippen LogP contribution is 2.28. The lowest BCUT2D eigenvalue weighted by atomic mass is 10.0. The van der Waals surface area contributed by atoms with Gasteiger partial charge in [-0.3, -0.25) is 4.98 Å². The fourth-order valence-electron chi connectivity index (χ4n) is 1.86. The summed E-state index contributed by atoms with van der Waals surface area (Å²) < 4.78 is 0. The SMILES string of the molecule is c1ccc(-c2cnccc2-c2ncc[nH]2)cc1. The van der Waals surface area contributed by atoms with E-state index in [0.717, 1.165) is 22.5 Å². The zero-order valence-corrected chi connectivity index (χ0v) is 9.17. The van der Waals surface area contributed by atoms with Crippen molar-refractivity contribution in [3.63, 3.8) is 0 Å². The number of imidazole rings is 1. The van der Waals surface area contributed by atoms with E-state index in [0.29, 0.717) is 0 Å². The van der Waals surface area contributed by atoms with Gasteiger partial charge in [-0.2, -0.15) is 0 Å². The molecule has 0 fully saturated rings. The highest BCUT2D eigenvalue weighted by Gasteiger charge is 2.08. The molecular weight excluding hydrogens is 210 g/mol. The Bertz CT molecular complexity index is 600. The first kappa shape index (κ1) is 9.78. The topological polar surface area (TPSA) is 41.6 Å². The van der Waals surface area contributed by atoms with Crippen LogP contribution in [0.15, 0.2) is 61.2 Å². The fourth-order valence-corrected chi connectivity index (χ4v) is 1.86. The van der Waals surface area contributed by atoms with E-state index in [1.165, 1.54) is 0 Å². The number of aromatic amines is 1. The second-order valence-corrected chi connectivity index (χ2v) is 3.73. The predicted octanol–water partition coefficient (Wildman–Crippen LogP) is 3.14. The van der Waals surface area contributed by atoms with E-state index >= 15 is 0 Å². The van der Waals surface area contributed by atoms with Crippen LogP contribution in [0.1, 0.15) is 0 Å². The van der Waals surface area contributed by atoms with Gasteiger partial charge in [-0.1, -0.05) is 30.3 Å². The number of hydrogen-bond acceptors (Lipinski definition) is 2. The summed E-state index contributed by atoms with van der Waals surface area (Å²) in [6, 6.07) is 12.2. The van der Waals surface area contributed by atoms with Crippen LogP contribution in [0.4, 0.5) is 0 Å². The second-order valence-electron chi connectivity index (χ2n) is 3.73. The first-order valence-electron chi connectivity index (χ1n) is 5.44. The van der Waals surface area contributed by atoms with Gasteiger partial charge in [0.1, 0.15) is 5.82 Å². The Kier molecular flexibility index (Phi) is 2.43. The van der Waals surface area contributed by atoms with Gasteiger partial charge in [0.25, 0.3) is 0 Å². The number of H-pyrrole nitrogens is 1. The van der Waals surface area contributed by atoms with Crippen LogP contribution in [0.25, 0.3) is 22.5 Å². The number of benzene rings is 1. The maximum absolute atomic E-state index is 4.29. The van der Waals surface area contributed by atoms with Gasteiger partial charge in [0.2, 0.25) is 0 Å². The quantitative estimate of drug-likeness (QED) is 0.722. The molecule has 2 aromatic heterocycles. The van der Waals surface area contributed by atoms with E-state index in [2.05, 4.69) is 27.1 Å². The molecule has 0 bridgehead atoms. The van der Waals surface area contributed by atoms with Gasteiger partial charge < -0.3 is 4.98 Å². The molecule has 0 aliphatic heterocycles.